The number of aromatic nitrogens is 2. The van der Waals surface area contributed by atoms with E-state index in [-0.39, 0.29) is 23.8 Å². The number of carbonyl (C=O) groups excluding carboxylic acids is 1. The van der Waals surface area contributed by atoms with Gasteiger partial charge in [-0.15, -0.1) is 0 Å². The molecule has 0 aliphatic carbocycles. The summed E-state index contributed by atoms with van der Waals surface area (Å²) in [6.45, 7) is 1.60. The fraction of sp³-hybridized carbons (Fsp3) is 0.231. The van der Waals surface area contributed by atoms with E-state index in [1.54, 1.807) is 6.92 Å². The SMILES string of the molecule is Cc1cc(N=C(NO)c2nonc2SCCC(N)=O)ccc1F. The van der Waals surface area contributed by atoms with E-state index in [2.05, 4.69) is 19.9 Å². The van der Waals surface area contributed by atoms with Crippen LogP contribution in [0.2, 0.25) is 0 Å². The van der Waals surface area contributed by atoms with Crippen molar-refractivity contribution in [2.45, 2.75) is 18.4 Å². The first-order valence-electron chi connectivity index (χ1n) is 6.50. The van der Waals surface area contributed by atoms with Gasteiger partial charge in [0.15, 0.2) is 16.6 Å². The Morgan fingerprint density at radius 1 is 1.52 bits per heavy atom. The number of rotatable bonds is 6. The highest BCUT2D eigenvalue weighted by Gasteiger charge is 2.17. The molecule has 0 radical (unpaired) electrons. The zero-order valence-electron chi connectivity index (χ0n) is 12.1. The molecular formula is C13H14FN5O3S. The predicted molar refractivity (Wildman–Crippen MR) is 81.1 cm³/mol. The maximum absolute atomic E-state index is 13.3. The van der Waals surface area contributed by atoms with Crippen molar-refractivity contribution in [2.75, 3.05) is 5.75 Å². The number of carbonyl (C=O) groups is 1. The first-order valence-corrected chi connectivity index (χ1v) is 7.48. The lowest BCUT2D eigenvalue weighted by Gasteiger charge is -2.04. The molecule has 0 atom stereocenters. The monoisotopic (exact) mass is 339 g/mol. The summed E-state index contributed by atoms with van der Waals surface area (Å²) in [5.74, 6) is -0.427. The number of hydrogen-bond acceptors (Lipinski definition) is 7. The van der Waals surface area contributed by atoms with Gasteiger partial charge in [0.25, 0.3) is 0 Å². The maximum atomic E-state index is 13.3. The van der Waals surface area contributed by atoms with Gasteiger partial charge in [-0.3, -0.25) is 15.5 Å². The summed E-state index contributed by atoms with van der Waals surface area (Å²) >= 11 is 1.18. The summed E-state index contributed by atoms with van der Waals surface area (Å²) in [6.07, 6.45) is 0.160. The molecule has 10 heteroatoms. The number of hydrogen-bond donors (Lipinski definition) is 3. The second-order valence-electron chi connectivity index (χ2n) is 4.49. The van der Waals surface area contributed by atoms with Crippen LogP contribution in [0.15, 0.2) is 32.8 Å². The molecular weight excluding hydrogens is 325 g/mol. The number of nitrogens with two attached hydrogens (primary N) is 1. The predicted octanol–water partition coefficient (Wildman–Crippen LogP) is 1.54. The zero-order chi connectivity index (χ0) is 16.8. The number of aryl methyl sites for hydroxylation is 1. The Labute approximate surface area is 134 Å². The minimum absolute atomic E-state index is 0.0150. The summed E-state index contributed by atoms with van der Waals surface area (Å²) < 4.78 is 17.9. The van der Waals surface area contributed by atoms with Crippen molar-refractivity contribution in [3.63, 3.8) is 0 Å². The third-order valence-electron chi connectivity index (χ3n) is 2.76. The Kier molecular flexibility index (Phi) is 5.66. The van der Waals surface area contributed by atoms with Crippen molar-refractivity contribution >= 4 is 29.2 Å². The molecule has 0 fully saturated rings. The molecule has 1 aromatic heterocycles. The molecule has 0 aliphatic heterocycles. The lowest BCUT2D eigenvalue weighted by Crippen LogP contribution is -2.21. The third kappa shape index (κ3) is 4.50. The molecule has 0 bridgehead atoms. The van der Waals surface area contributed by atoms with Crippen molar-refractivity contribution in [3.05, 3.63) is 35.3 Å². The summed E-state index contributed by atoms with van der Waals surface area (Å²) in [6, 6.07) is 4.24. The van der Waals surface area contributed by atoms with Crippen molar-refractivity contribution in [3.8, 4) is 0 Å². The van der Waals surface area contributed by atoms with E-state index < -0.39 is 5.91 Å². The molecule has 0 spiro atoms. The van der Waals surface area contributed by atoms with Gasteiger partial charge in [0.1, 0.15) is 5.82 Å². The fourth-order valence-electron chi connectivity index (χ4n) is 1.63. The highest BCUT2D eigenvalue weighted by atomic mass is 32.2. The molecule has 2 aromatic rings. The Bertz CT molecular complexity index is 734. The van der Waals surface area contributed by atoms with Crippen LogP contribution in [0.5, 0.6) is 0 Å². The van der Waals surface area contributed by atoms with Gasteiger partial charge in [-0.1, -0.05) is 11.8 Å². The molecule has 23 heavy (non-hydrogen) atoms. The topological polar surface area (TPSA) is 127 Å². The summed E-state index contributed by atoms with van der Waals surface area (Å²) in [5.41, 5.74) is 7.98. The first kappa shape index (κ1) is 16.9. The standard InChI is InChI=1S/C13H14FN5O3S/c1-7-6-8(2-3-9(7)14)16-12(17-21)11-13(19-22-18-11)23-5-4-10(15)20/h2-3,6,21H,4-5H2,1H3,(H2,15,20)(H,16,17). The average molecular weight is 339 g/mol. The smallest absolute Gasteiger partial charge is 0.218 e. The second kappa shape index (κ2) is 7.70. The van der Waals surface area contributed by atoms with Crippen LogP contribution in [0.3, 0.4) is 0 Å². The third-order valence-corrected chi connectivity index (χ3v) is 3.71. The van der Waals surface area contributed by atoms with Crippen LogP contribution in [-0.2, 0) is 4.79 Å². The summed E-state index contributed by atoms with van der Waals surface area (Å²) in [7, 11) is 0. The largest absolute Gasteiger partial charge is 0.370 e. The Balaban J connectivity index is 2.23. The summed E-state index contributed by atoms with van der Waals surface area (Å²) in [5, 5.41) is 17.0. The molecule has 4 N–H and O–H groups in total. The van der Waals surface area contributed by atoms with Gasteiger partial charge in [0.05, 0.1) is 5.69 Å². The number of halogens is 1. The van der Waals surface area contributed by atoms with Crippen molar-refractivity contribution < 1.29 is 19.0 Å². The van der Waals surface area contributed by atoms with E-state index in [1.165, 1.54) is 30.0 Å². The molecule has 1 aromatic carbocycles. The van der Waals surface area contributed by atoms with E-state index in [0.717, 1.165) is 0 Å². The number of primary amides is 1. The zero-order valence-corrected chi connectivity index (χ0v) is 12.9. The van der Waals surface area contributed by atoms with Crippen LogP contribution >= 0.6 is 11.8 Å². The summed E-state index contributed by atoms with van der Waals surface area (Å²) in [4.78, 5) is 14.9. The number of nitrogens with one attached hydrogen (secondary N) is 1. The fourth-order valence-corrected chi connectivity index (χ4v) is 2.48. The molecule has 122 valence electrons. The Morgan fingerprint density at radius 3 is 2.96 bits per heavy atom. The Morgan fingerprint density at radius 2 is 2.30 bits per heavy atom. The molecule has 2 rings (SSSR count). The lowest BCUT2D eigenvalue weighted by atomic mass is 10.2. The van der Waals surface area contributed by atoms with Gasteiger partial charge in [-0.25, -0.2) is 14.0 Å². The molecule has 0 unspecified atom stereocenters. The number of thioether (sulfide) groups is 1. The lowest BCUT2D eigenvalue weighted by molar-refractivity contribution is -0.117. The number of amidine groups is 1. The molecule has 0 saturated carbocycles. The van der Waals surface area contributed by atoms with Crippen LogP contribution in [0.25, 0.3) is 0 Å². The highest BCUT2D eigenvalue weighted by molar-refractivity contribution is 7.99. The first-order chi connectivity index (χ1) is 11.0. The van der Waals surface area contributed by atoms with Gasteiger partial charge in [-0.05, 0) is 41.0 Å². The van der Waals surface area contributed by atoms with Gasteiger partial charge in [0, 0.05) is 12.2 Å². The van der Waals surface area contributed by atoms with Crippen molar-refractivity contribution in [1.82, 2.24) is 15.8 Å². The normalized spacial score (nSPS) is 11.5. The van der Waals surface area contributed by atoms with E-state index in [9.17, 15) is 14.4 Å². The van der Waals surface area contributed by atoms with E-state index in [0.29, 0.717) is 22.0 Å². The number of hydroxylamine groups is 1. The highest BCUT2D eigenvalue weighted by Crippen LogP contribution is 2.22. The van der Waals surface area contributed by atoms with Gasteiger partial charge < -0.3 is 5.73 Å². The minimum atomic E-state index is -0.438. The number of benzene rings is 1. The number of aliphatic imine (C=N–C) groups is 1. The second-order valence-corrected chi connectivity index (χ2v) is 5.57. The van der Waals surface area contributed by atoms with Crippen LogP contribution in [0, 0.1) is 12.7 Å². The quantitative estimate of drug-likeness (QED) is 0.315. The van der Waals surface area contributed by atoms with E-state index in [4.69, 9.17) is 5.73 Å². The van der Waals surface area contributed by atoms with Crippen LogP contribution < -0.4 is 11.2 Å². The van der Waals surface area contributed by atoms with E-state index in [1.807, 2.05) is 5.48 Å². The molecule has 8 nitrogen and oxygen atoms in total. The van der Waals surface area contributed by atoms with Crippen molar-refractivity contribution in [2.24, 2.45) is 10.7 Å². The van der Waals surface area contributed by atoms with Crippen molar-refractivity contribution in [1.29, 1.82) is 0 Å². The average Bonchev–Trinajstić information content (AvgIpc) is 2.96. The van der Waals surface area contributed by atoms with E-state index >= 15 is 0 Å². The molecule has 0 saturated heterocycles. The Hall–Kier alpha value is -2.46. The van der Waals surface area contributed by atoms with Gasteiger partial charge >= 0.3 is 0 Å². The van der Waals surface area contributed by atoms with Gasteiger partial charge in [0.2, 0.25) is 5.91 Å². The molecule has 1 amide bonds. The minimum Gasteiger partial charge on any atom is -0.370 e. The van der Waals surface area contributed by atoms with Gasteiger partial charge in [-0.2, -0.15) is 0 Å². The van der Waals surface area contributed by atoms with Crippen LogP contribution in [-0.4, -0.2) is 33.0 Å². The van der Waals surface area contributed by atoms with Crippen LogP contribution in [0.1, 0.15) is 17.7 Å². The molecule has 1 heterocycles. The maximum Gasteiger partial charge on any atom is 0.218 e. The number of nitrogens with zero attached hydrogens (tertiary/aromatic N) is 3. The van der Waals surface area contributed by atoms with Crippen LogP contribution in [0.4, 0.5) is 10.1 Å². The number of amides is 1. The molecule has 0 aliphatic rings.